The van der Waals surface area contributed by atoms with Gasteiger partial charge < -0.3 is 10.3 Å². The summed E-state index contributed by atoms with van der Waals surface area (Å²) in [5.41, 5.74) is 9.08. The van der Waals surface area contributed by atoms with E-state index in [0.717, 1.165) is 22.8 Å². The van der Waals surface area contributed by atoms with Gasteiger partial charge in [0.2, 0.25) is 0 Å². The Bertz CT molecular complexity index is 640. The molecule has 0 amide bonds. The number of rotatable bonds is 3. The second kappa shape index (κ2) is 4.81. The molecule has 0 aromatic carbocycles. The molecule has 0 saturated heterocycles. The number of aromatic nitrogens is 4. The molecule has 108 valence electrons. The summed E-state index contributed by atoms with van der Waals surface area (Å²) in [5, 5.41) is 4.27. The lowest BCUT2D eigenvalue weighted by Crippen LogP contribution is -2.19. The minimum absolute atomic E-state index is 0.0779. The highest BCUT2D eigenvalue weighted by Crippen LogP contribution is 2.33. The van der Waals surface area contributed by atoms with E-state index in [9.17, 15) is 0 Å². The molecule has 2 aromatic heterocycles. The first-order valence-electron chi connectivity index (χ1n) is 6.73. The van der Waals surface area contributed by atoms with Crippen molar-refractivity contribution in [3.8, 4) is 11.3 Å². The summed E-state index contributed by atoms with van der Waals surface area (Å²) in [6.45, 7) is 12.9. The van der Waals surface area contributed by atoms with Crippen molar-refractivity contribution in [2.45, 2.75) is 39.7 Å². The van der Waals surface area contributed by atoms with E-state index in [1.807, 2.05) is 35.5 Å². The van der Waals surface area contributed by atoms with Crippen molar-refractivity contribution in [1.29, 1.82) is 0 Å². The average Bonchev–Trinajstić information content (AvgIpc) is 2.83. The quantitative estimate of drug-likeness (QED) is 0.874. The van der Waals surface area contributed by atoms with E-state index in [4.69, 9.17) is 10.7 Å². The van der Waals surface area contributed by atoms with Crippen LogP contribution in [0.4, 0.5) is 5.82 Å². The molecule has 0 saturated carbocycles. The molecule has 0 radical (unpaired) electrons. The van der Waals surface area contributed by atoms with Crippen molar-refractivity contribution in [1.82, 2.24) is 19.3 Å². The first-order chi connectivity index (χ1) is 9.27. The zero-order chi connectivity index (χ0) is 15.1. The zero-order valence-corrected chi connectivity index (χ0v) is 12.9. The highest BCUT2D eigenvalue weighted by molar-refractivity contribution is 5.72. The summed E-state index contributed by atoms with van der Waals surface area (Å²) in [6, 6.07) is 0. The standard InChI is InChI=1S/C15H23N5/c1-7-8-20-13(16)12(18-14(20)15(3,4)5)11-9-17-19(6)10(11)2/h7,9H,1,8,16H2,2-6H3. The Hall–Kier alpha value is -2.04. The number of hydrogen-bond acceptors (Lipinski definition) is 3. The molecule has 0 aliphatic rings. The molecule has 2 N–H and O–H groups in total. The summed E-state index contributed by atoms with van der Waals surface area (Å²) in [5.74, 6) is 1.64. The van der Waals surface area contributed by atoms with Gasteiger partial charge >= 0.3 is 0 Å². The van der Waals surface area contributed by atoms with Gasteiger partial charge in [-0.3, -0.25) is 4.68 Å². The largest absolute Gasteiger partial charge is 0.383 e. The van der Waals surface area contributed by atoms with Gasteiger partial charge in [0.25, 0.3) is 0 Å². The molecule has 0 aliphatic heterocycles. The molecule has 20 heavy (non-hydrogen) atoms. The Balaban J connectivity index is 2.67. The van der Waals surface area contributed by atoms with Crippen LogP contribution in [-0.2, 0) is 19.0 Å². The minimum Gasteiger partial charge on any atom is -0.383 e. The summed E-state index contributed by atoms with van der Waals surface area (Å²) < 4.78 is 3.85. The third-order valence-electron chi connectivity index (χ3n) is 3.48. The van der Waals surface area contributed by atoms with Gasteiger partial charge in [0.1, 0.15) is 17.3 Å². The van der Waals surface area contributed by atoms with E-state index in [0.29, 0.717) is 12.4 Å². The summed E-state index contributed by atoms with van der Waals surface area (Å²) in [7, 11) is 1.92. The third-order valence-corrected chi connectivity index (χ3v) is 3.48. The molecular weight excluding hydrogens is 250 g/mol. The maximum Gasteiger partial charge on any atom is 0.132 e. The predicted octanol–water partition coefficient (Wildman–Crippen LogP) is 2.66. The van der Waals surface area contributed by atoms with Crippen LogP contribution in [0.15, 0.2) is 18.9 Å². The van der Waals surface area contributed by atoms with Crippen molar-refractivity contribution >= 4 is 5.82 Å². The number of allylic oxidation sites excluding steroid dienone is 1. The highest BCUT2D eigenvalue weighted by Gasteiger charge is 2.26. The Kier molecular flexibility index (Phi) is 3.46. The SMILES string of the molecule is C=CCn1c(C(C)(C)C)nc(-c2cnn(C)c2C)c1N. The molecule has 0 bridgehead atoms. The van der Waals surface area contributed by atoms with Crippen LogP contribution in [0.5, 0.6) is 0 Å². The van der Waals surface area contributed by atoms with Crippen molar-refractivity contribution < 1.29 is 0 Å². The Morgan fingerprint density at radius 1 is 1.40 bits per heavy atom. The number of nitrogen functional groups attached to an aromatic ring is 1. The smallest absolute Gasteiger partial charge is 0.132 e. The van der Waals surface area contributed by atoms with Crippen LogP contribution in [0.3, 0.4) is 0 Å². The van der Waals surface area contributed by atoms with E-state index in [2.05, 4.69) is 32.4 Å². The zero-order valence-electron chi connectivity index (χ0n) is 12.9. The summed E-state index contributed by atoms with van der Waals surface area (Å²) >= 11 is 0. The number of imidazole rings is 1. The van der Waals surface area contributed by atoms with Gasteiger partial charge in [-0.15, -0.1) is 6.58 Å². The van der Waals surface area contributed by atoms with Gasteiger partial charge in [0, 0.05) is 30.3 Å². The fourth-order valence-corrected chi connectivity index (χ4v) is 2.28. The van der Waals surface area contributed by atoms with Gasteiger partial charge in [-0.1, -0.05) is 26.8 Å². The normalized spacial score (nSPS) is 11.8. The van der Waals surface area contributed by atoms with E-state index in [1.54, 1.807) is 0 Å². The fourth-order valence-electron chi connectivity index (χ4n) is 2.28. The van der Waals surface area contributed by atoms with Gasteiger partial charge in [0.15, 0.2) is 0 Å². The lowest BCUT2D eigenvalue weighted by molar-refractivity contribution is 0.515. The average molecular weight is 273 g/mol. The van der Waals surface area contributed by atoms with Crippen LogP contribution in [0, 0.1) is 6.92 Å². The predicted molar refractivity (Wildman–Crippen MR) is 82.5 cm³/mol. The van der Waals surface area contributed by atoms with Crippen LogP contribution in [0.25, 0.3) is 11.3 Å². The van der Waals surface area contributed by atoms with E-state index < -0.39 is 0 Å². The first kappa shape index (κ1) is 14.4. The van der Waals surface area contributed by atoms with Crippen LogP contribution in [-0.4, -0.2) is 19.3 Å². The van der Waals surface area contributed by atoms with Gasteiger partial charge in [-0.05, 0) is 6.92 Å². The summed E-state index contributed by atoms with van der Waals surface area (Å²) in [6.07, 6.45) is 3.66. The van der Waals surface area contributed by atoms with Gasteiger partial charge in [-0.2, -0.15) is 5.10 Å². The Morgan fingerprint density at radius 3 is 2.50 bits per heavy atom. The number of nitrogens with two attached hydrogens (primary N) is 1. The second-order valence-corrected chi connectivity index (χ2v) is 6.09. The topological polar surface area (TPSA) is 61.7 Å². The molecule has 2 rings (SSSR count). The van der Waals surface area contributed by atoms with Gasteiger partial charge in [-0.25, -0.2) is 4.98 Å². The Morgan fingerprint density at radius 2 is 2.05 bits per heavy atom. The summed E-state index contributed by atoms with van der Waals surface area (Å²) in [4.78, 5) is 4.78. The molecule has 0 spiro atoms. The first-order valence-corrected chi connectivity index (χ1v) is 6.73. The molecule has 0 unspecified atom stereocenters. The number of nitrogens with zero attached hydrogens (tertiary/aromatic N) is 4. The van der Waals surface area contributed by atoms with Gasteiger partial charge in [0.05, 0.1) is 6.20 Å². The van der Waals surface area contributed by atoms with Crippen molar-refractivity contribution in [2.24, 2.45) is 7.05 Å². The molecule has 5 nitrogen and oxygen atoms in total. The van der Waals surface area contributed by atoms with E-state index in [-0.39, 0.29) is 5.41 Å². The monoisotopic (exact) mass is 273 g/mol. The van der Waals surface area contributed by atoms with Crippen molar-refractivity contribution in [3.63, 3.8) is 0 Å². The maximum absolute atomic E-state index is 6.31. The Labute approximate surface area is 120 Å². The van der Waals surface area contributed by atoms with Crippen molar-refractivity contribution in [3.05, 3.63) is 30.4 Å². The van der Waals surface area contributed by atoms with Crippen LogP contribution in [0.2, 0.25) is 0 Å². The highest BCUT2D eigenvalue weighted by atomic mass is 15.3. The maximum atomic E-state index is 6.31. The molecule has 2 heterocycles. The molecule has 0 aliphatic carbocycles. The van der Waals surface area contributed by atoms with Crippen molar-refractivity contribution in [2.75, 3.05) is 5.73 Å². The van der Waals surface area contributed by atoms with Crippen LogP contribution >= 0.6 is 0 Å². The van der Waals surface area contributed by atoms with E-state index >= 15 is 0 Å². The molecule has 0 fully saturated rings. The molecule has 0 atom stereocenters. The van der Waals surface area contributed by atoms with E-state index in [1.165, 1.54) is 0 Å². The minimum atomic E-state index is -0.0779. The molecule has 5 heteroatoms. The van der Waals surface area contributed by atoms with Crippen LogP contribution in [0.1, 0.15) is 32.3 Å². The third kappa shape index (κ3) is 2.24. The lowest BCUT2D eigenvalue weighted by atomic mass is 9.95. The molecule has 2 aromatic rings. The number of aryl methyl sites for hydroxylation is 1. The number of anilines is 1. The molecular formula is C15H23N5. The number of hydrogen-bond donors (Lipinski definition) is 1. The second-order valence-electron chi connectivity index (χ2n) is 6.09. The fraction of sp³-hybridized carbons (Fsp3) is 0.467. The van der Waals surface area contributed by atoms with Crippen LogP contribution < -0.4 is 5.73 Å². The lowest BCUT2D eigenvalue weighted by Gasteiger charge is -2.19.